The van der Waals surface area contributed by atoms with Gasteiger partial charge < -0.3 is 20.3 Å². The van der Waals surface area contributed by atoms with Crippen molar-refractivity contribution in [2.24, 2.45) is 0 Å². The van der Waals surface area contributed by atoms with Gasteiger partial charge in [-0.1, -0.05) is 0 Å². The fourth-order valence-electron chi connectivity index (χ4n) is 1.84. The monoisotopic (exact) mass is 309 g/mol. The Kier molecular flexibility index (Phi) is 7.59. The Morgan fingerprint density at radius 2 is 2.05 bits per heavy atom. The summed E-state index contributed by atoms with van der Waals surface area (Å²) in [6, 6.07) is 2.01. The van der Waals surface area contributed by atoms with Crippen molar-refractivity contribution in [1.29, 1.82) is 0 Å². The summed E-state index contributed by atoms with van der Waals surface area (Å²) in [6.45, 7) is 13.0. The summed E-state index contributed by atoms with van der Waals surface area (Å²) < 4.78 is 4.55. The molecule has 0 saturated carbocycles. The van der Waals surface area contributed by atoms with Crippen molar-refractivity contribution in [3.8, 4) is 0 Å². The Morgan fingerprint density at radius 3 is 2.55 bits per heavy atom. The largest absolute Gasteiger partial charge is 0.462 e. The molecule has 1 aliphatic heterocycles. The summed E-state index contributed by atoms with van der Waals surface area (Å²) >= 11 is 0. The maximum absolute atomic E-state index is 9.60. The van der Waals surface area contributed by atoms with Crippen molar-refractivity contribution >= 4 is 18.1 Å². The number of anilines is 2. The number of piperazine rings is 1. The number of nitrogens with zero attached hydrogens (tertiary/aromatic N) is 3. The van der Waals surface area contributed by atoms with E-state index in [4.69, 9.17) is 0 Å². The number of carbonyl (C=O) groups is 1. The van der Waals surface area contributed by atoms with Crippen LogP contribution >= 0.6 is 0 Å². The standard InChI is InChI=1S/C10H17N5.C5H10O2/c1-2-12-9-7-10(14-8-13-9)15-5-3-11-4-6-15;1-5(2,3)7-4-6/h7-8,11H,2-6H2,1H3,(H,12,13,14);4H,1-3H3. The van der Waals surface area contributed by atoms with Crippen LogP contribution in [0.15, 0.2) is 12.4 Å². The number of ether oxygens (including phenoxy) is 1. The highest BCUT2D eigenvalue weighted by Gasteiger charge is 2.11. The van der Waals surface area contributed by atoms with Gasteiger partial charge in [-0.2, -0.15) is 0 Å². The molecule has 7 nitrogen and oxygen atoms in total. The molecule has 0 amide bonds. The lowest BCUT2D eigenvalue weighted by molar-refractivity contribution is -0.138. The van der Waals surface area contributed by atoms with Crippen molar-refractivity contribution in [3.63, 3.8) is 0 Å². The van der Waals surface area contributed by atoms with Gasteiger partial charge in [0, 0.05) is 38.8 Å². The third kappa shape index (κ3) is 7.21. The molecule has 2 heterocycles. The van der Waals surface area contributed by atoms with Crippen molar-refractivity contribution < 1.29 is 9.53 Å². The van der Waals surface area contributed by atoms with Crippen LogP contribution in [0, 0.1) is 0 Å². The van der Waals surface area contributed by atoms with E-state index < -0.39 is 0 Å². The minimum atomic E-state index is -0.318. The van der Waals surface area contributed by atoms with E-state index in [2.05, 4.69) is 37.2 Å². The molecule has 0 radical (unpaired) electrons. The molecule has 1 aromatic heterocycles. The van der Waals surface area contributed by atoms with Crippen LogP contribution in [-0.2, 0) is 9.53 Å². The van der Waals surface area contributed by atoms with Crippen molar-refractivity contribution in [2.45, 2.75) is 33.3 Å². The van der Waals surface area contributed by atoms with Crippen LogP contribution in [-0.4, -0.2) is 54.8 Å². The normalized spacial score (nSPS) is 14.6. The first-order valence-corrected chi connectivity index (χ1v) is 7.59. The van der Waals surface area contributed by atoms with Crippen LogP contribution in [0.1, 0.15) is 27.7 Å². The second-order valence-electron chi connectivity index (χ2n) is 5.86. The highest BCUT2D eigenvalue weighted by atomic mass is 16.5. The summed E-state index contributed by atoms with van der Waals surface area (Å²) in [5.74, 6) is 1.92. The third-order valence-corrected chi connectivity index (χ3v) is 2.85. The van der Waals surface area contributed by atoms with Gasteiger partial charge in [0.25, 0.3) is 6.47 Å². The molecule has 7 heteroatoms. The van der Waals surface area contributed by atoms with Gasteiger partial charge in [0.2, 0.25) is 0 Å². The molecule has 0 atom stereocenters. The number of hydrogen-bond donors (Lipinski definition) is 2. The van der Waals surface area contributed by atoms with E-state index >= 15 is 0 Å². The van der Waals surface area contributed by atoms with Gasteiger partial charge in [-0.25, -0.2) is 9.97 Å². The first-order chi connectivity index (χ1) is 10.5. The SMILES string of the molecule is CC(C)(C)OC=O.CCNc1cc(N2CCNCC2)ncn1. The first kappa shape index (κ1) is 18.2. The van der Waals surface area contributed by atoms with Crippen molar-refractivity contribution in [3.05, 3.63) is 12.4 Å². The van der Waals surface area contributed by atoms with Crippen molar-refractivity contribution in [1.82, 2.24) is 15.3 Å². The smallest absolute Gasteiger partial charge is 0.293 e. The van der Waals surface area contributed by atoms with E-state index in [0.29, 0.717) is 6.47 Å². The molecular formula is C15H27N5O2. The molecular weight excluding hydrogens is 282 g/mol. The Labute approximate surface area is 132 Å². The van der Waals surface area contributed by atoms with Crippen LogP contribution < -0.4 is 15.5 Å². The molecule has 0 aromatic carbocycles. The maximum Gasteiger partial charge on any atom is 0.293 e. The number of hydrogen-bond acceptors (Lipinski definition) is 7. The van der Waals surface area contributed by atoms with Gasteiger partial charge >= 0.3 is 0 Å². The van der Waals surface area contributed by atoms with Gasteiger partial charge in [0.15, 0.2) is 0 Å². The molecule has 0 spiro atoms. The fraction of sp³-hybridized carbons (Fsp3) is 0.667. The van der Waals surface area contributed by atoms with Gasteiger partial charge in [-0.05, 0) is 27.7 Å². The van der Waals surface area contributed by atoms with E-state index in [0.717, 1.165) is 44.4 Å². The molecule has 0 unspecified atom stereocenters. The number of nitrogens with one attached hydrogen (secondary N) is 2. The third-order valence-electron chi connectivity index (χ3n) is 2.85. The second kappa shape index (κ2) is 9.19. The average molecular weight is 309 g/mol. The first-order valence-electron chi connectivity index (χ1n) is 7.59. The summed E-state index contributed by atoms with van der Waals surface area (Å²) in [7, 11) is 0. The van der Waals surface area contributed by atoms with Crippen LogP contribution in [0.5, 0.6) is 0 Å². The Hall–Kier alpha value is -1.89. The summed E-state index contributed by atoms with van der Waals surface area (Å²) in [6.07, 6.45) is 1.62. The predicted octanol–water partition coefficient (Wildman–Crippen LogP) is 1.28. The molecule has 0 bridgehead atoms. The highest BCUT2D eigenvalue weighted by Crippen LogP contribution is 2.14. The van der Waals surface area contributed by atoms with E-state index in [-0.39, 0.29) is 5.60 Å². The molecule has 2 rings (SSSR count). The summed E-state index contributed by atoms with van der Waals surface area (Å²) in [5, 5.41) is 6.52. The zero-order valence-electron chi connectivity index (χ0n) is 13.9. The zero-order chi connectivity index (χ0) is 16.4. The fourth-order valence-corrected chi connectivity index (χ4v) is 1.84. The predicted molar refractivity (Wildman–Crippen MR) is 88.2 cm³/mol. The van der Waals surface area contributed by atoms with Crippen molar-refractivity contribution in [2.75, 3.05) is 42.9 Å². The minimum absolute atomic E-state index is 0.318. The molecule has 1 aliphatic rings. The second-order valence-corrected chi connectivity index (χ2v) is 5.86. The molecule has 124 valence electrons. The van der Waals surface area contributed by atoms with Gasteiger partial charge in [0.1, 0.15) is 23.6 Å². The number of carbonyl (C=O) groups excluding carboxylic acids is 1. The molecule has 1 aromatic rings. The van der Waals surface area contributed by atoms with E-state index in [1.165, 1.54) is 0 Å². The highest BCUT2D eigenvalue weighted by molar-refractivity contribution is 5.48. The molecule has 1 fully saturated rings. The van der Waals surface area contributed by atoms with Crippen LogP contribution in [0.25, 0.3) is 0 Å². The summed E-state index contributed by atoms with van der Waals surface area (Å²) in [4.78, 5) is 20.3. The zero-order valence-corrected chi connectivity index (χ0v) is 13.9. The molecule has 2 N–H and O–H groups in total. The lowest BCUT2D eigenvalue weighted by atomic mass is 10.2. The topological polar surface area (TPSA) is 79.4 Å². The number of aromatic nitrogens is 2. The molecule has 1 saturated heterocycles. The van der Waals surface area contributed by atoms with Gasteiger partial charge in [-0.15, -0.1) is 0 Å². The van der Waals surface area contributed by atoms with E-state index in [1.807, 2.05) is 26.8 Å². The Bertz CT molecular complexity index is 442. The van der Waals surface area contributed by atoms with E-state index in [1.54, 1.807) is 6.33 Å². The number of rotatable bonds is 4. The lowest BCUT2D eigenvalue weighted by Crippen LogP contribution is -2.43. The summed E-state index contributed by atoms with van der Waals surface area (Å²) in [5.41, 5.74) is -0.318. The molecule has 22 heavy (non-hydrogen) atoms. The Morgan fingerprint density at radius 1 is 1.36 bits per heavy atom. The van der Waals surface area contributed by atoms with E-state index in [9.17, 15) is 4.79 Å². The van der Waals surface area contributed by atoms with Crippen LogP contribution in [0.3, 0.4) is 0 Å². The average Bonchev–Trinajstić information content (AvgIpc) is 2.48. The van der Waals surface area contributed by atoms with Gasteiger partial charge in [0.05, 0.1) is 0 Å². The molecule has 0 aliphatic carbocycles. The van der Waals surface area contributed by atoms with Crippen LogP contribution in [0.4, 0.5) is 11.6 Å². The van der Waals surface area contributed by atoms with Crippen LogP contribution in [0.2, 0.25) is 0 Å². The Balaban J connectivity index is 0.000000295. The minimum Gasteiger partial charge on any atom is -0.462 e. The quantitative estimate of drug-likeness (QED) is 0.811. The maximum atomic E-state index is 9.60. The van der Waals surface area contributed by atoms with Gasteiger partial charge in [-0.3, -0.25) is 4.79 Å². The lowest BCUT2D eigenvalue weighted by Gasteiger charge is -2.28.